The van der Waals surface area contributed by atoms with E-state index >= 15 is 0 Å². The molecule has 3 amide bonds. The molecular formula is C23H24N4O3S. The van der Waals surface area contributed by atoms with Crippen LogP contribution in [0.3, 0.4) is 0 Å². The summed E-state index contributed by atoms with van der Waals surface area (Å²) < 4.78 is 0. The van der Waals surface area contributed by atoms with Crippen LogP contribution in [0.1, 0.15) is 36.0 Å². The summed E-state index contributed by atoms with van der Waals surface area (Å²) in [7, 11) is 0. The molecule has 2 aromatic carbocycles. The Kier molecular flexibility index (Phi) is 6.66. The van der Waals surface area contributed by atoms with Crippen molar-refractivity contribution in [2.24, 2.45) is 4.99 Å². The number of amides is 3. The topological polar surface area (TPSA) is 90.9 Å². The van der Waals surface area contributed by atoms with E-state index in [0.717, 1.165) is 31.1 Å². The summed E-state index contributed by atoms with van der Waals surface area (Å²) in [4.78, 5) is 43.6. The van der Waals surface area contributed by atoms with E-state index in [9.17, 15) is 14.4 Å². The third kappa shape index (κ3) is 5.52. The number of aliphatic imine (C=N–C) groups is 1. The second-order valence-corrected chi connectivity index (χ2v) is 8.71. The van der Waals surface area contributed by atoms with Crippen molar-refractivity contribution in [3.8, 4) is 0 Å². The standard InChI is InChI=1S/C23H24N4O3S/c28-20(15-19-22(30)26-23(31-19)27-12-5-2-6-13-27)24-18-11-7-8-16(14-18)21(29)25-17-9-3-1-4-10-17/h1,3-4,7-11,14,19H,2,5-6,12-13,15H2,(H,24,28)(H,25,29). The third-order valence-electron chi connectivity index (χ3n) is 5.17. The molecule has 2 N–H and O–H groups in total. The normalized spacial score (nSPS) is 18.5. The van der Waals surface area contributed by atoms with Crippen LogP contribution >= 0.6 is 11.8 Å². The smallest absolute Gasteiger partial charge is 0.262 e. The van der Waals surface area contributed by atoms with Crippen molar-refractivity contribution >= 4 is 46.0 Å². The maximum Gasteiger partial charge on any atom is 0.262 e. The van der Waals surface area contributed by atoms with Crippen molar-refractivity contribution in [1.29, 1.82) is 0 Å². The number of nitrogens with zero attached hydrogens (tertiary/aromatic N) is 2. The lowest BCUT2D eigenvalue weighted by molar-refractivity contribution is -0.121. The fourth-order valence-electron chi connectivity index (χ4n) is 3.57. The minimum atomic E-state index is -0.499. The van der Waals surface area contributed by atoms with E-state index in [1.807, 2.05) is 18.2 Å². The Hall–Kier alpha value is -3.13. The zero-order chi connectivity index (χ0) is 21.6. The van der Waals surface area contributed by atoms with Crippen LogP contribution in [0.4, 0.5) is 11.4 Å². The minimum absolute atomic E-state index is 0.0464. The maximum absolute atomic E-state index is 12.5. The van der Waals surface area contributed by atoms with Crippen LogP contribution < -0.4 is 10.6 Å². The Bertz CT molecular complexity index is 1000. The Morgan fingerprint density at radius 2 is 1.71 bits per heavy atom. The SMILES string of the molecule is O=C(CC1SC(N2CCCCC2)=NC1=O)Nc1cccc(C(=O)Nc2ccccc2)c1. The summed E-state index contributed by atoms with van der Waals surface area (Å²) >= 11 is 1.37. The van der Waals surface area contributed by atoms with E-state index < -0.39 is 5.25 Å². The fraction of sp³-hybridized carbons (Fsp3) is 0.304. The number of carbonyl (C=O) groups is 3. The molecule has 0 radical (unpaired) electrons. The van der Waals surface area contributed by atoms with E-state index in [1.165, 1.54) is 18.2 Å². The molecule has 1 unspecified atom stereocenters. The molecule has 2 aliphatic rings. The van der Waals surface area contributed by atoms with Gasteiger partial charge in [-0.25, -0.2) is 0 Å². The second kappa shape index (κ2) is 9.78. The van der Waals surface area contributed by atoms with Crippen molar-refractivity contribution in [3.05, 3.63) is 60.2 Å². The zero-order valence-electron chi connectivity index (χ0n) is 17.0. The van der Waals surface area contributed by atoms with Gasteiger partial charge >= 0.3 is 0 Å². The molecule has 7 nitrogen and oxygen atoms in total. The van der Waals surface area contributed by atoms with Crippen LogP contribution in [0.2, 0.25) is 0 Å². The van der Waals surface area contributed by atoms with Crippen LogP contribution in [0.15, 0.2) is 59.6 Å². The molecule has 0 bridgehead atoms. The number of amidine groups is 1. The largest absolute Gasteiger partial charge is 0.351 e. The molecule has 0 saturated carbocycles. The van der Waals surface area contributed by atoms with Crippen LogP contribution in [-0.2, 0) is 9.59 Å². The summed E-state index contributed by atoms with van der Waals surface area (Å²) in [5.74, 6) is -0.790. The van der Waals surface area contributed by atoms with Gasteiger partial charge in [0.05, 0.1) is 0 Å². The molecule has 2 aliphatic heterocycles. The Morgan fingerprint density at radius 1 is 0.968 bits per heavy atom. The molecule has 31 heavy (non-hydrogen) atoms. The number of rotatable bonds is 5. The monoisotopic (exact) mass is 436 g/mol. The summed E-state index contributed by atoms with van der Waals surface area (Å²) in [6, 6.07) is 15.9. The van der Waals surface area contributed by atoms with Gasteiger partial charge in [-0.2, -0.15) is 4.99 Å². The van der Waals surface area contributed by atoms with E-state index in [1.54, 1.807) is 36.4 Å². The first kappa shape index (κ1) is 21.1. The van der Waals surface area contributed by atoms with Gasteiger partial charge in [0, 0.05) is 36.4 Å². The number of hydrogen-bond donors (Lipinski definition) is 2. The molecular weight excluding hydrogens is 412 g/mol. The van der Waals surface area contributed by atoms with Gasteiger partial charge in [-0.05, 0) is 49.6 Å². The summed E-state index contributed by atoms with van der Waals surface area (Å²) in [6.07, 6.45) is 3.46. The van der Waals surface area contributed by atoms with E-state index in [2.05, 4.69) is 20.5 Å². The van der Waals surface area contributed by atoms with Crippen LogP contribution in [0.25, 0.3) is 0 Å². The second-order valence-electron chi connectivity index (χ2n) is 7.54. The highest BCUT2D eigenvalue weighted by molar-refractivity contribution is 8.15. The first-order chi connectivity index (χ1) is 15.1. The zero-order valence-corrected chi connectivity index (χ0v) is 17.9. The number of carbonyl (C=O) groups excluding carboxylic acids is 3. The summed E-state index contributed by atoms with van der Waals surface area (Å²) in [5.41, 5.74) is 1.64. The fourth-order valence-corrected chi connectivity index (χ4v) is 4.69. The highest BCUT2D eigenvalue weighted by Crippen LogP contribution is 2.29. The molecule has 0 spiro atoms. The predicted molar refractivity (Wildman–Crippen MR) is 123 cm³/mol. The van der Waals surface area contributed by atoms with Crippen molar-refractivity contribution in [3.63, 3.8) is 0 Å². The molecule has 4 rings (SSSR count). The average Bonchev–Trinajstić information content (AvgIpc) is 3.15. The van der Waals surface area contributed by atoms with Crippen LogP contribution in [0, 0.1) is 0 Å². The van der Waals surface area contributed by atoms with Gasteiger partial charge in [-0.1, -0.05) is 36.0 Å². The van der Waals surface area contributed by atoms with Gasteiger partial charge in [0.15, 0.2) is 5.17 Å². The lowest BCUT2D eigenvalue weighted by Gasteiger charge is -2.27. The lowest BCUT2D eigenvalue weighted by atomic mass is 10.1. The van der Waals surface area contributed by atoms with Crippen LogP contribution in [0.5, 0.6) is 0 Å². The molecule has 160 valence electrons. The molecule has 2 aromatic rings. The lowest BCUT2D eigenvalue weighted by Crippen LogP contribution is -2.33. The van der Waals surface area contributed by atoms with Gasteiger partial charge in [-0.3, -0.25) is 14.4 Å². The van der Waals surface area contributed by atoms with Gasteiger partial charge < -0.3 is 15.5 Å². The van der Waals surface area contributed by atoms with E-state index in [4.69, 9.17) is 0 Å². The molecule has 0 aliphatic carbocycles. The van der Waals surface area contributed by atoms with E-state index in [-0.39, 0.29) is 24.1 Å². The number of hydrogen-bond acceptors (Lipinski definition) is 5. The number of thioether (sulfide) groups is 1. The molecule has 2 heterocycles. The number of piperidine rings is 1. The highest BCUT2D eigenvalue weighted by atomic mass is 32.2. The number of para-hydroxylation sites is 1. The summed E-state index contributed by atoms with van der Waals surface area (Å²) in [5, 5.41) is 5.85. The van der Waals surface area contributed by atoms with Gasteiger partial charge in [0.2, 0.25) is 5.91 Å². The highest BCUT2D eigenvalue weighted by Gasteiger charge is 2.33. The van der Waals surface area contributed by atoms with E-state index in [0.29, 0.717) is 16.9 Å². The van der Waals surface area contributed by atoms with Gasteiger partial charge in [-0.15, -0.1) is 0 Å². The quantitative estimate of drug-likeness (QED) is 0.745. The van der Waals surface area contributed by atoms with Crippen molar-refractivity contribution < 1.29 is 14.4 Å². The minimum Gasteiger partial charge on any atom is -0.351 e. The van der Waals surface area contributed by atoms with Crippen molar-refractivity contribution in [2.45, 2.75) is 30.9 Å². The molecule has 8 heteroatoms. The molecule has 1 atom stereocenters. The third-order valence-corrected chi connectivity index (χ3v) is 6.38. The predicted octanol–water partition coefficient (Wildman–Crippen LogP) is 3.75. The number of benzene rings is 2. The van der Waals surface area contributed by atoms with Crippen molar-refractivity contribution in [2.75, 3.05) is 23.7 Å². The Labute approximate surface area is 185 Å². The first-order valence-corrected chi connectivity index (χ1v) is 11.3. The first-order valence-electron chi connectivity index (χ1n) is 10.4. The molecule has 0 aromatic heterocycles. The maximum atomic E-state index is 12.5. The molecule has 1 saturated heterocycles. The number of nitrogens with one attached hydrogen (secondary N) is 2. The average molecular weight is 437 g/mol. The summed E-state index contributed by atoms with van der Waals surface area (Å²) in [6.45, 7) is 1.83. The Balaban J connectivity index is 1.32. The van der Waals surface area contributed by atoms with Gasteiger partial charge in [0.25, 0.3) is 11.8 Å². The van der Waals surface area contributed by atoms with Crippen molar-refractivity contribution in [1.82, 2.24) is 4.90 Å². The molecule has 1 fully saturated rings. The van der Waals surface area contributed by atoms with Crippen LogP contribution in [-0.4, -0.2) is 46.1 Å². The number of anilines is 2. The van der Waals surface area contributed by atoms with Gasteiger partial charge in [0.1, 0.15) is 5.25 Å². The number of likely N-dealkylation sites (tertiary alicyclic amines) is 1. The Morgan fingerprint density at radius 3 is 2.48 bits per heavy atom.